The monoisotopic (exact) mass is 334 g/mol. The van der Waals surface area contributed by atoms with Crippen LogP contribution in [0.4, 0.5) is 5.00 Å². The Kier molecular flexibility index (Phi) is 5.07. The number of rotatable bonds is 4. The Hall–Kier alpha value is -2.03. The van der Waals surface area contributed by atoms with Gasteiger partial charge in [-0.25, -0.2) is 0 Å². The summed E-state index contributed by atoms with van der Waals surface area (Å²) in [4.78, 5) is 13.5. The van der Waals surface area contributed by atoms with Crippen LogP contribution in [-0.4, -0.2) is 13.0 Å². The molecular formula is C16H15ClN2O2S. The summed E-state index contributed by atoms with van der Waals surface area (Å²) < 4.78 is 5.18. The number of halogens is 1. The number of carbonyl (C=O) groups is 1. The van der Waals surface area contributed by atoms with Gasteiger partial charge in [-0.1, -0.05) is 18.5 Å². The zero-order valence-corrected chi connectivity index (χ0v) is 14.1. The molecule has 22 heavy (non-hydrogen) atoms. The highest BCUT2D eigenvalue weighted by atomic mass is 35.5. The van der Waals surface area contributed by atoms with Crippen LogP contribution in [0.3, 0.4) is 0 Å². The van der Waals surface area contributed by atoms with Crippen LogP contribution in [0.2, 0.25) is 5.02 Å². The van der Waals surface area contributed by atoms with Gasteiger partial charge in [-0.15, -0.1) is 11.3 Å². The van der Waals surface area contributed by atoms with Crippen molar-refractivity contribution >= 4 is 33.8 Å². The summed E-state index contributed by atoms with van der Waals surface area (Å²) in [5.41, 5.74) is 1.84. The molecule has 2 rings (SSSR count). The Bertz CT molecular complexity index is 762. The first kappa shape index (κ1) is 16.3. The first-order valence-corrected chi connectivity index (χ1v) is 7.88. The van der Waals surface area contributed by atoms with Crippen molar-refractivity contribution in [1.29, 1.82) is 5.26 Å². The van der Waals surface area contributed by atoms with Crippen LogP contribution in [-0.2, 0) is 6.42 Å². The predicted octanol–water partition coefficient (Wildman–Crippen LogP) is 4.40. The van der Waals surface area contributed by atoms with Crippen molar-refractivity contribution in [3.63, 3.8) is 0 Å². The summed E-state index contributed by atoms with van der Waals surface area (Å²) >= 11 is 7.35. The number of ether oxygens (including phenoxy) is 1. The largest absolute Gasteiger partial charge is 0.496 e. The van der Waals surface area contributed by atoms with Crippen LogP contribution in [0.15, 0.2) is 18.2 Å². The predicted molar refractivity (Wildman–Crippen MR) is 89.1 cm³/mol. The van der Waals surface area contributed by atoms with Crippen LogP contribution >= 0.6 is 22.9 Å². The van der Waals surface area contributed by atoms with Gasteiger partial charge >= 0.3 is 0 Å². The van der Waals surface area contributed by atoms with E-state index >= 15 is 0 Å². The van der Waals surface area contributed by atoms with Crippen molar-refractivity contribution in [2.75, 3.05) is 12.4 Å². The van der Waals surface area contributed by atoms with E-state index in [4.69, 9.17) is 16.3 Å². The van der Waals surface area contributed by atoms with Gasteiger partial charge in [-0.05, 0) is 37.1 Å². The van der Waals surface area contributed by atoms with Gasteiger partial charge in [0, 0.05) is 9.90 Å². The van der Waals surface area contributed by atoms with E-state index in [0.29, 0.717) is 26.9 Å². The zero-order valence-electron chi connectivity index (χ0n) is 12.5. The minimum atomic E-state index is -0.347. The molecule has 0 bridgehead atoms. The zero-order chi connectivity index (χ0) is 16.3. The summed E-state index contributed by atoms with van der Waals surface area (Å²) in [5, 5.41) is 13.1. The average Bonchev–Trinajstić information content (AvgIpc) is 2.81. The molecule has 0 unspecified atom stereocenters. The maximum atomic E-state index is 12.5. The maximum absolute atomic E-state index is 12.5. The number of benzene rings is 1. The molecule has 0 aliphatic rings. The molecule has 4 nitrogen and oxygen atoms in total. The number of methoxy groups -OCH3 is 1. The van der Waals surface area contributed by atoms with Crippen LogP contribution in [0.25, 0.3) is 0 Å². The molecule has 0 spiro atoms. The van der Waals surface area contributed by atoms with E-state index in [2.05, 4.69) is 11.4 Å². The van der Waals surface area contributed by atoms with Gasteiger partial charge < -0.3 is 10.1 Å². The van der Waals surface area contributed by atoms with Gasteiger partial charge in [0.15, 0.2) is 0 Å². The van der Waals surface area contributed by atoms with E-state index < -0.39 is 0 Å². The molecule has 0 saturated heterocycles. The van der Waals surface area contributed by atoms with Gasteiger partial charge in [0.1, 0.15) is 16.8 Å². The molecule has 6 heteroatoms. The Morgan fingerprint density at radius 2 is 2.23 bits per heavy atom. The summed E-state index contributed by atoms with van der Waals surface area (Å²) in [5.74, 6) is 0.0872. The number of anilines is 1. The fraction of sp³-hybridized carbons (Fsp3) is 0.250. The number of nitrogens with zero attached hydrogens (tertiary/aromatic N) is 1. The van der Waals surface area contributed by atoms with Crippen LogP contribution in [0.1, 0.15) is 33.3 Å². The van der Waals surface area contributed by atoms with E-state index in [0.717, 1.165) is 16.9 Å². The molecule has 1 amide bonds. The fourth-order valence-electron chi connectivity index (χ4n) is 2.24. The van der Waals surface area contributed by atoms with Crippen molar-refractivity contribution in [2.24, 2.45) is 0 Å². The highest BCUT2D eigenvalue weighted by molar-refractivity contribution is 7.16. The number of aryl methyl sites for hydroxylation is 1. The summed E-state index contributed by atoms with van der Waals surface area (Å²) in [7, 11) is 1.49. The number of nitrogens with one attached hydrogen (secondary N) is 1. The van der Waals surface area contributed by atoms with Gasteiger partial charge in [-0.3, -0.25) is 4.79 Å². The standard InChI is InChI=1S/C16H15ClN2O2S/c1-4-11-9(2)22-16(13(11)8-18)19-15(20)12-7-10(17)5-6-14(12)21-3/h5-7H,4H2,1-3H3,(H,19,20). The molecule has 1 N–H and O–H groups in total. The molecule has 1 aromatic heterocycles. The van der Waals surface area contributed by atoms with E-state index in [-0.39, 0.29) is 5.91 Å². The van der Waals surface area contributed by atoms with Crippen molar-refractivity contribution in [3.05, 3.63) is 44.8 Å². The first-order chi connectivity index (χ1) is 10.5. The molecule has 0 saturated carbocycles. The molecule has 0 fully saturated rings. The summed E-state index contributed by atoms with van der Waals surface area (Å²) in [6, 6.07) is 7.01. The normalized spacial score (nSPS) is 10.1. The topological polar surface area (TPSA) is 62.1 Å². The van der Waals surface area contributed by atoms with Crippen LogP contribution < -0.4 is 10.1 Å². The highest BCUT2D eigenvalue weighted by Gasteiger charge is 2.19. The van der Waals surface area contributed by atoms with Crippen molar-refractivity contribution < 1.29 is 9.53 Å². The molecule has 0 aliphatic heterocycles. The Balaban J connectivity index is 2.38. The maximum Gasteiger partial charge on any atom is 0.260 e. The second kappa shape index (κ2) is 6.82. The number of hydrogen-bond acceptors (Lipinski definition) is 4. The van der Waals surface area contributed by atoms with Gasteiger partial charge in [0.2, 0.25) is 0 Å². The minimum Gasteiger partial charge on any atom is -0.496 e. The number of nitriles is 1. The summed E-state index contributed by atoms with van der Waals surface area (Å²) in [6.07, 6.45) is 0.752. The molecule has 0 atom stereocenters. The quantitative estimate of drug-likeness (QED) is 0.901. The molecule has 1 heterocycles. The fourth-order valence-corrected chi connectivity index (χ4v) is 3.50. The van der Waals surface area contributed by atoms with Crippen LogP contribution in [0.5, 0.6) is 5.75 Å². The number of hydrogen-bond donors (Lipinski definition) is 1. The lowest BCUT2D eigenvalue weighted by molar-refractivity contribution is 0.102. The van der Waals surface area contributed by atoms with E-state index in [1.54, 1.807) is 18.2 Å². The molecule has 0 aliphatic carbocycles. The second-order valence-electron chi connectivity index (χ2n) is 4.61. The minimum absolute atomic E-state index is 0.336. The van der Waals surface area contributed by atoms with Gasteiger partial charge in [0.05, 0.1) is 18.2 Å². The van der Waals surface area contributed by atoms with E-state index in [1.807, 2.05) is 13.8 Å². The molecule has 114 valence electrons. The number of thiophene rings is 1. The smallest absolute Gasteiger partial charge is 0.260 e. The highest BCUT2D eigenvalue weighted by Crippen LogP contribution is 2.33. The third-order valence-corrected chi connectivity index (χ3v) is 4.61. The second-order valence-corrected chi connectivity index (χ2v) is 6.27. The first-order valence-electron chi connectivity index (χ1n) is 6.69. The Morgan fingerprint density at radius 3 is 2.82 bits per heavy atom. The average molecular weight is 335 g/mol. The van der Waals surface area contributed by atoms with E-state index in [9.17, 15) is 10.1 Å². The Labute approximate surface area is 138 Å². The van der Waals surface area contributed by atoms with Crippen molar-refractivity contribution in [1.82, 2.24) is 0 Å². The number of carbonyl (C=O) groups excluding carboxylic acids is 1. The molecule has 1 aromatic carbocycles. The molecular weight excluding hydrogens is 320 g/mol. The third-order valence-electron chi connectivity index (χ3n) is 3.31. The van der Waals surface area contributed by atoms with Crippen molar-refractivity contribution in [2.45, 2.75) is 20.3 Å². The van der Waals surface area contributed by atoms with E-state index in [1.165, 1.54) is 18.4 Å². The Morgan fingerprint density at radius 1 is 1.50 bits per heavy atom. The molecule has 2 aromatic rings. The van der Waals surface area contributed by atoms with Crippen LogP contribution in [0, 0.1) is 18.3 Å². The SMILES string of the molecule is CCc1c(C)sc(NC(=O)c2cc(Cl)ccc2OC)c1C#N. The van der Waals surface area contributed by atoms with Crippen molar-refractivity contribution in [3.8, 4) is 11.8 Å². The third kappa shape index (κ3) is 3.08. The lowest BCUT2D eigenvalue weighted by atomic mass is 10.1. The van der Waals surface area contributed by atoms with Gasteiger partial charge in [-0.2, -0.15) is 5.26 Å². The lowest BCUT2D eigenvalue weighted by Gasteiger charge is -2.09. The lowest BCUT2D eigenvalue weighted by Crippen LogP contribution is -2.13. The molecule has 0 radical (unpaired) electrons. The summed E-state index contributed by atoms with van der Waals surface area (Å²) in [6.45, 7) is 3.93. The number of amides is 1. The van der Waals surface area contributed by atoms with Gasteiger partial charge in [0.25, 0.3) is 5.91 Å².